The van der Waals surface area contributed by atoms with E-state index in [9.17, 15) is 4.39 Å². The fourth-order valence-electron chi connectivity index (χ4n) is 4.24. The molecule has 0 amide bonds. The smallest absolute Gasteiger partial charge is 0.138 e. The van der Waals surface area contributed by atoms with Gasteiger partial charge in [0.05, 0.1) is 42.1 Å². The first-order chi connectivity index (χ1) is 16.5. The number of pyridine rings is 2. The third kappa shape index (κ3) is 3.13. The van der Waals surface area contributed by atoms with Crippen LogP contribution < -0.4 is 4.74 Å². The van der Waals surface area contributed by atoms with Crippen molar-refractivity contribution in [1.82, 2.24) is 34.7 Å². The molecule has 1 aromatic carbocycles. The predicted molar refractivity (Wildman–Crippen MR) is 128 cm³/mol. The van der Waals surface area contributed by atoms with Crippen molar-refractivity contribution in [3.8, 4) is 39.7 Å². The number of methoxy groups -OCH3 is 1. The maximum atomic E-state index is 14.2. The van der Waals surface area contributed by atoms with Crippen LogP contribution in [0.2, 0.25) is 0 Å². The molecular weight excluding hydrogens is 433 g/mol. The molecule has 8 nitrogen and oxygen atoms in total. The Morgan fingerprint density at radius 3 is 2.68 bits per heavy atom. The van der Waals surface area contributed by atoms with Crippen LogP contribution in [0.1, 0.15) is 5.82 Å². The Hall–Kier alpha value is -4.53. The molecule has 0 saturated carbocycles. The Morgan fingerprint density at radius 1 is 1.00 bits per heavy atom. The van der Waals surface area contributed by atoms with Crippen molar-refractivity contribution in [2.24, 2.45) is 7.05 Å². The number of hydrogen-bond acceptors (Lipinski definition) is 5. The first kappa shape index (κ1) is 20.1. The van der Waals surface area contributed by atoms with Gasteiger partial charge < -0.3 is 14.3 Å². The van der Waals surface area contributed by atoms with Gasteiger partial charge in [-0.2, -0.15) is 5.10 Å². The highest BCUT2D eigenvalue weighted by molar-refractivity contribution is 6.00. The molecule has 2 N–H and O–H groups in total. The van der Waals surface area contributed by atoms with Gasteiger partial charge in [0.1, 0.15) is 28.7 Å². The lowest BCUT2D eigenvalue weighted by atomic mass is 10.0. The molecule has 0 unspecified atom stereocenters. The van der Waals surface area contributed by atoms with E-state index < -0.39 is 0 Å². The second-order valence-corrected chi connectivity index (χ2v) is 8.12. The largest absolute Gasteiger partial charge is 0.497 e. The number of aryl methyl sites for hydroxylation is 1. The second kappa shape index (κ2) is 7.51. The molecule has 6 aromatic rings. The van der Waals surface area contributed by atoms with Crippen LogP contribution in [0.3, 0.4) is 0 Å². The van der Waals surface area contributed by atoms with Gasteiger partial charge in [0.15, 0.2) is 0 Å². The van der Waals surface area contributed by atoms with Gasteiger partial charge in [-0.05, 0) is 48.4 Å². The summed E-state index contributed by atoms with van der Waals surface area (Å²) in [7, 11) is 3.49. The van der Waals surface area contributed by atoms with Gasteiger partial charge in [-0.15, -0.1) is 0 Å². The number of nitrogens with one attached hydrogen (secondary N) is 2. The fraction of sp³-hybridized carbons (Fsp3) is 0.120. The summed E-state index contributed by atoms with van der Waals surface area (Å²) in [5.74, 6) is 1.01. The van der Waals surface area contributed by atoms with E-state index >= 15 is 0 Å². The van der Waals surface area contributed by atoms with Crippen LogP contribution in [-0.2, 0) is 7.05 Å². The Labute approximate surface area is 193 Å². The van der Waals surface area contributed by atoms with Crippen LogP contribution in [0.4, 0.5) is 4.39 Å². The van der Waals surface area contributed by atoms with Crippen molar-refractivity contribution in [3.63, 3.8) is 0 Å². The number of aromatic amines is 2. The molecule has 168 valence electrons. The Bertz CT molecular complexity index is 1690. The predicted octanol–water partition coefficient (Wildman–Crippen LogP) is 5.02. The van der Waals surface area contributed by atoms with Crippen LogP contribution in [0.15, 0.2) is 55.0 Å². The molecule has 34 heavy (non-hydrogen) atoms. The molecule has 5 aromatic heterocycles. The second-order valence-electron chi connectivity index (χ2n) is 8.12. The van der Waals surface area contributed by atoms with E-state index in [2.05, 4.69) is 30.1 Å². The molecule has 0 aliphatic rings. The van der Waals surface area contributed by atoms with Crippen LogP contribution in [0.5, 0.6) is 5.75 Å². The van der Waals surface area contributed by atoms with Crippen molar-refractivity contribution in [2.75, 3.05) is 7.11 Å². The number of rotatable bonds is 4. The molecule has 0 aliphatic heterocycles. The number of benzene rings is 1. The van der Waals surface area contributed by atoms with Gasteiger partial charge in [0.2, 0.25) is 0 Å². The monoisotopic (exact) mass is 453 g/mol. The summed E-state index contributed by atoms with van der Waals surface area (Å²) in [6, 6.07) is 10.5. The van der Waals surface area contributed by atoms with Crippen molar-refractivity contribution in [1.29, 1.82) is 0 Å². The average molecular weight is 453 g/mol. The highest BCUT2D eigenvalue weighted by atomic mass is 19.1. The van der Waals surface area contributed by atoms with E-state index in [0.717, 1.165) is 50.5 Å². The molecule has 0 saturated heterocycles. The molecule has 0 spiro atoms. The van der Waals surface area contributed by atoms with Crippen molar-refractivity contribution < 1.29 is 9.13 Å². The van der Waals surface area contributed by atoms with Crippen LogP contribution >= 0.6 is 0 Å². The number of imidazole rings is 1. The number of aromatic nitrogens is 7. The van der Waals surface area contributed by atoms with Gasteiger partial charge in [-0.25, -0.2) is 14.4 Å². The summed E-state index contributed by atoms with van der Waals surface area (Å²) in [4.78, 5) is 16.8. The van der Waals surface area contributed by atoms with E-state index in [0.29, 0.717) is 17.0 Å². The maximum absolute atomic E-state index is 14.2. The first-order valence-corrected chi connectivity index (χ1v) is 10.7. The molecule has 5 heterocycles. The number of fused-ring (bicyclic) bond motifs is 2. The van der Waals surface area contributed by atoms with Crippen molar-refractivity contribution in [2.45, 2.75) is 6.92 Å². The van der Waals surface area contributed by atoms with E-state index in [1.807, 2.05) is 49.0 Å². The average Bonchev–Trinajstić information content (AvgIpc) is 3.54. The SMILES string of the molecule is COc1cc(F)cc(-c2ccnc3[nH]c(-c4n[nH]c5cnc(-c6cnc(C)n6C)cc45)cc23)c1. The Kier molecular flexibility index (Phi) is 4.44. The first-order valence-electron chi connectivity index (χ1n) is 10.7. The third-order valence-corrected chi connectivity index (χ3v) is 6.14. The summed E-state index contributed by atoms with van der Waals surface area (Å²) in [5, 5.41) is 9.38. The number of H-pyrrole nitrogens is 2. The number of halogens is 1. The van der Waals surface area contributed by atoms with Crippen molar-refractivity contribution in [3.05, 3.63) is 66.6 Å². The summed E-state index contributed by atoms with van der Waals surface area (Å²) in [6.07, 6.45) is 5.29. The van der Waals surface area contributed by atoms with Gasteiger partial charge >= 0.3 is 0 Å². The standard InChI is InChI=1S/C25H20FN7O/c1-13-28-12-23(33(13)2)20-10-19-22(11-29-20)31-32-24(19)21-9-18-17(4-5-27-25(18)30-21)14-6-15(26)8-16(7-14)34-3/h4-12H,1-3H3,(H,27,30)(H,31,32). The van der Waals surface area contributed by atoms with Crippen LogP contribution in [-0.4, -0.2) is 41.8 Å². The third-order valence-electron chi connectivity index (χ3n) is 6.14. The van der Waals surface area contributed by atoms with Crippen LogP contribution in [0.25, 0.3) is 55.8 Å². The van der Waals surface area contributed by atoms with E-state index in [1.165, 1.54) is 19.2 Å². The van der Waals surface area contributed by atoms with Crippen LogP contribution in [0, 0.1) is 12.7 Å². The molecule has 0 fully saturated rings. The zero-order valence-electron chi connectivity index (χ0n) is 18.7. The summed E-state index contributed by atoms with van der Waals surface area (Å²) >= 11 is 0. The highest BCUT2D eigenvalue weighted by Crippen LogP contribution is 2.35. The number of nitrogens with zero attached hydrogens (tertiary/aromatic N) is 5. The van der Waals surface area contributed by atoms with Gasteiger partial charge in [0, 0.05) is 30.1 Å². The minimum Gasteiger partial charge on any atom is -0.497 e. The Balaban J connectivity index is 1.50. The number of ether oxygens (including phenoxy) is 1. The summed E-state index contributed by atoms with van der Waals surface area (Å²) < 4.78 is 21.4. The fourth-order valence-corrected chi connectivity index (χ4v) is 4.24. The molecule has 0 radical (unpaired) electrons. The number of hydrogen-bond donors (Lipinski definition) is 2. The molecule has 0 bridgehead atoms. The zero-order valence-corrected chi connectivity index (χ0v) is 18.7. The highest BCUT2D eigenvalue weighted by Gasteiger charge is 2.17. The maximum Gasteiger partial charge on any atom is 0.138 e. The van der Waals surface area contributed by atoms with Gasteiger partial charge in [-0.1, -0.05) is 0 Å². The minimum absolute atomic E-state index is 0.362. The summed E-state index contributed by atoms with van der Waals surface area (Å²) in [6.45, 7) is 1.95. The Morgan fingerprint density at radius 2 is 1.88 bits per heavy atom. The molecule has 6 rings (SSSR count). The van der Waals surface area contributed by atoms with Gasteiger partial charge in [0.25, 0.3) is 0 Å². The molecule has 0 aliphatic carbocycles. The van der Waals surface area contributed by atoms with Gasteiger partial charge in [-0.3, -0.25) is 10.1 Å². The minimum atomic E-state index is -0.362. The molecular formula is C25H20FN7O. The lowest BCUT2D eigenvalue weighted by molar-refractivity contribution is 0.411. The lowest BCUT2D eigenvalue weighted by Gasteiger charge is -2.06. The quantitative estimate of drug-likeness (QED) is 0.390. The zero-order chi connectivity index (χ0) is 23.4. The molecule has 9 heteroatoms. The van der Waals surface area contributed by atoms with E-state index in [1.54, 1.807) is 12.4 Å². The normalized spacial score (nSPS) is 11.5. The lowest BCUT2D eigenvalue weighted by Crippen LogP contribution is -1.95. The molecule has 0 atom stereocenters. The summed E-state index contributed by atoms with van der Waals surface area (Å²) in [5.41, 5.74) is 6.33. The van der Waals surface area contributed by atoms with E-state index in [-0.39, 0.29) is 5.82 Å². The van der Waals surface area contributed by atoms with Crippen molar-refractivity contribution >= 4 is 21.9 Å². The topological polar surface area (TPSA) is 97.3 Å². The van der Waals surface area contributed by atoms with E-state index in [4.69, 9.17) is 4.74 Å².